The van der Waals surface area contributed by atoms with Crippen LogP contribution in [0.25, 0.3) is 10.9 Å². The molecule has 0 unspecified atom stereocenters. The molecule has 2 rings (SSSR count). The number of carbonyl (C=O) groups excluding carboxylic acids is 1. The van der Waals surface area contributed by atoms with Crippen LogP contribution in [0.3, 0.4) is 0 Å². The van der Waals surface area contributed by atoms with Crippen LogP contribution in [0, 0.1) is 0 Å². The van der Waals surface area contributed by atoms with Gasteiger partial charge in [-0.05, 0) is 18.2 Å². The second-order valence-corrected chi connectivity index (χ2v) is 3.08. The van der Waals surface area contributed by atoms with Crippen LogP contribution in [-0.4, -0.2) is 18.4 Å². The Bertz CT molecular complexity index is 468. The van der Waals surface area contributed by atoms with Crippen molar-refractivity contribution in [1.82, 2.24) is 4.98 Å². The van der Waals surface area contributed by atoms with Crippen LogP contribution in [0.1, 0.15) is 0 Å². The van der Waals surface area contributed by atoms with Crippen molar-refractivity contribution in [1.29, 1.82) is 0 Å². The van der Waals surface area contributed by atoms with E-state index in [0.29, 0.717) is 5.82 Å². The molecule has 1 amide bonds. The number of rotatable bonds is 2. The Balaban J connectivity index is 2.56. The maximum atomic E-state index is 10.5. The second kappa shape index (κ2) is 3.46. The van der Waals surface area contributed by atoms with Crippen LogP contribution in [0.15, 0.2) is 36.4 Å². The lowest BCUT2D eigenvalue weighted by atomic mass is 10.2. The number of amides is 1. The lowest BCUT2D eigenvalue weighted by Gasteiger charge is -2.09. The van der Waals surface area contributed by atoms with E-state index in [1.54, 1.807) is 7.05 Å². The molecule has 0 saturated heterocycles. The van der Waals surface area contributed by atoms with Gasteiger partial charge >= 0.3 is 0 Å². The summed E-state index contributed by atoms with van der Waals surface area (Å²) in [6.45, 7) is 0. The lowest BCUT2D eigenvalue weighted by molar-refractivity contribution is -0.107. The van der Waals surface area contributed by atoms with E-state index in [2.05, 4.69) is 4.98 Å². The second-order valence-electron chi connectivity index (χ2n) is 3.08. The Morgan fingerprint density at radius 1 is 1.21 bits per heavy atom. The van der Waals surface area contributed by atoms with E-state index in [4.69, 9.17) is 0 Å². The van der Waals surface area contributed by atoms with Crippen molar-refractivity contribution in [2.75, 3.05) is 11.9 Å². The van der Waals surface area contributed by atoms with Crippen molar-refractivity contribution in [2.24, 2.45) is 0 Å². The minimum absolute atomic E-state index is 0.665. The first-order valence-electron chi connectivity index (χ1n) is 4.35. The molecule has 1 heterocycles. The predicted molar refractivity (Wildman–Crippen MR) is 56.2 cm³/mol. The molecule has 3 nitrogen and oxygen atoms in total. The molecule has 0 spiro atoms. The fraction of sp³-hybridized carbons (Fsp3) is 0.0909. The number of benzene rings is 1. The average Bonchev–Trinajstić information content (AvgIpc) is 2.27. The molecule has 0 saturated carbocycles. The van der Waals surface area contributed by atoms with Gasteiger partial charge in [-0.1, -0.05) is 18.2 Å². The highest BCUT2D eigenvalue weighted by Crippen LogP contribution is 2.15. The Hall–Kier alpha value is -1.90. The van der Waals surface area contributed by atoms with Crippen LogP contribution >= 0.6 is 0 Å². The number of hydrogen-bond acceptors (Lipinski definition) is 2. The van der Waals surface area contributed by atoms with Crippen molar-refractivity contribution in [3.63, 3.8) is 0 Å². The molecule has 0 fully saturated rings. The zero-order valence-electron chi connectivity index (χ0n) is 7.84. The molecule has 0 N–H and O–H groups in total. The SMILES string of the molecule is CN(C=O)c1ccc2ccccc2n1. The summed E-state index contributed by atoms with van der Waals surface area (Å²) in [5, 5.41) is 1.08. The molecule has 0 radical (unpaired) electrons. The minimum atomic E-state index is 0.665. The lowest BCUT2D eigenvalue weighted by Crippen LogP contribution is -2.14. The third kappa shape index (κ3) is 1.44. The topological polar surface area (TPSA) is 33.2 Å². The highest BCUT2D eigenvalue weighted by molar-refractivity contribution is 5.82. The fourth-order valence-corrected chi connectivity index (χ4v) is 1.31. The highest BCUT2D eigenvalue weighted by Gasteiger charge is 2.00. The van der Waals surface area contributed by atoms with Crippen molar-refractivity contribution in [3.05, 3.63) is 36.4 Å². The highest BCUT2D eigenvalue weighted by atomic mass is 16.1. The molecule has 0 aliphatic heterocycles. The van der Waals surface area contributed by atoms with Gasteiger partial charge in [-0.25, -0.2) is 4.98 Å². The van der Waals surface area contributed by atoms with Crippen molar-refractivity contribution >= 4 is 23.1 Å². The van der Waals surface area contributed by atoms with E-state index >= 15 is 0 Å². The van der Waals surface area contributed by atoms with Crippen molar-refractivity contribution in [3.8, 4) is 0 Å². The number of aromatic nitrogens is 1. The molecule has 70 valence electrons. The first kappa shape index (κ1) is 8.69. The molecule has 3 heteroatoms. The maximum Gasteiger partial charge on any atom is 0.215 e. The zero-order valence-corrected chi connectivity index (χ0v) is 7.84. The first-order valence-corrected chi connectivity index (χ1v) is 4.35. The summed E-state index contributed by atoms with van der Waals surface area (Å²) in [7, 11) is 1.68. The first-order chi connectivity index (χ1) is 6.81. The molecule has 0 bridgehead atoms. The summed E-state index contributed by atoms with van der Waals surface area (Å²) in [5.41, 5.74) is 0.902. The normalized spacial score (nSPS) is 10.1. The molecule has 0 atom stereocenters. The van der Waals surface area contributed by atoms with Gasteiger partial charge in [0.2, 0.25) is 6.41 Å². The van der Waals surface area contributed by atoms with Gasteiger partial charge in [-0.15, -0.1) is 0 Å². The molecule has 14 heavy (non-hydrogen) atoms. The smallest absolute Gasteiger partial charge is 0.215 e. The van der Waals surface area contributed by atoms with Gasteiger partial charge in [0, 0.05) is 12.4 Å². The van der Waals surface area contributed by atoms with Crippen LogP contribution in [0.2, 0.25) is 0 Å². The number of nitrogens with zero attached hydrogens (tertiary/aromatic N) is 2. The number of hydrogen-bond donors (Lipinski definition) is 0. The van der Waals surface area contributed by atoms with Gasteiger partial charge in [-0.3, -0.25) is 4.79 Å². The largest absolute Gasteiger partial charge is 0.303 e. The molecule has 2 aromatic rings. The Kier molecular flexibility index (Phi) is 2.14. The quantitative estimate of drug-likeness (QED) is 0.670. The van der Waals surface area contributed by atoms with E-state index in [-0.39, 0.29) is 0 Å². The molecule has 1 aromatic heterocycles. The van der Waals surface area contributed by atoms with E-state index < -0.39 is 0 Å². The summed E-state index contributed by atoms with van der Waals surface area (Å²) in [4.78, 5) is 16.3. The van der Waals surface area contributed by atoms with Crippen LogP contribution in [0.4, 0.5) is 5.82 Å². The number of para-hydroxylation sites is 1. The van der Waals surface area contributed by atoms with Gasteiger partial charge in [0.1, 0.15) is 5.82 Å². The summed E-state index contributed by atoms with van der Waals surface area (Å²) >= 11 is 0. The van der Waals surface area contributed by atoms with Gasteiger partial charge in [0.25, 0.3) is 0 Å². The Morgan fingerprint density at radius 3 is 2.79 bits per heavy atom. The summed E-state index contributed by atoms with van der Waals surface area (Å²) in [6.07, 6.45) is 0.747. The molecule has 1 aromatic carbocycles. The van der Waals surface area contributed by atoms with Crippen molar-refractivity contribution in [2.45, 2.75) is 0 Å². The van der Waals surface area contributed by atoms with Crippen LogP contribution < -0.4 is 4.90 Å². The zero-order chi connectivity index (χ0) is 9.97. The fourth-order valence-electron chi connectivity index (χ4n) is 1.31. The number of anilines is 1. The molecule has 0 aliphatic carbocycles. The Morgan fingerprint density at radius 2 is 2.00 bits per heavy atom. The van der Waals surface area contributed by atoms with E-state index in [1.807, 2.05) is 36.4 Å². The van der Waals surface area contributed by atoms with Gasteiger partial charge in [-0.2, -0.15) is 0 Å². The minimum Gasteiger partial charge on any atom is -0.303 e. The number of fused-ring (bicyclic) bond motifs is 1. The average molecular weight is 186 g/mol. The van der Waals surface area contributed by atoms with Gasteiger partial charge < -0.3 is 4.90 Å². The Labute approximate surface area is 82.0 Å². The summed E-state index contributed by atoms with van der Waals surface area (Å²) < 4.78 is 0. The van der Waals surface area contributed by atoms with Crippen LogP contribution in [-0.2, 0) is 4.79 Å². The van der Waals surface area contributed by atoms with Gasteiger partial charge in [0.05, 0.1) is 5.52 Å². The van der Waals surface area contributed by atoms with Crippen LogP contribution in [0.5, 0.6) is 0 Å². The van der Waals surface area contributed by atoms with E-state index in [9.17, 15) is 4.79 Å². The summed E-state index contributed by atoms with van der Waals surface area (Å²) in [5.74, 6) is 0.665. The monoisotopic (exact) mass is 186 g/mol. The molecular formula is C11H10N2O. The number of pyridine rings is 1. The van der Waals surface area contributed by atoms with Gasteiger partial charge in [0.15, 0.2) is 0 Å². The third-order valence-corrected chi connectivity index (χ3v) is 2.10. The van der Waals surface area contributed by atoms with Crippen molar-refractivity contribution < 1.29 is 4.79 Å². The molecular weight excluding hydrogens is 176 g/mol. The maximum absolute atomic E-state index is 10.5. The third-order valence-electron chi connectivity index (χ3n) is 2.10. The molecule has 0 aliphatic rings. The standard InChI is InChI=1S/C11H10N2O/c1-13(8-14)11-7-6-9-4-2-3-5-10(9)12-11/h2-8H,1H3. The van der Waals surface area contributed by atoms with E-state index in [0.717, 1.165) is 17.3 Å². The van der Waals surface area contributed by atoms with E-state index in [1.165, 1.54) is 4.90 Å². The summed E-state index contributed by atoms with van der Waals surface area (Å²) in [6, 6.07) is 11.6. The number of carbonyl (C=O) groups is 1. The predicted octanol–water partition coefficient (Wildman–Crippen LogP) is 1.83.